The highest BCUT2D eigenvalue weighted by Gasteiger charge is 2.22. The first kappa shape index (κ1) is 29.8. The summed E-state index contributed by atoms with van der Waals surface area (Å²) >= 11 is 0. The van der Waals surface area contributed by atoms with Crippen molar-refractivity contribution in [2.75, 3.05) is 0 Å². The molecular formula is C47H31N5. The molecule has 0 aliphatic heterocycles. The second-order valence-electron chi connectivity index (χ2n) is 12.9. The maximum Gasteiger partial charge on any atom is 0.164 e. The van der Waals surface area contributed by atoms with Crippen molar-refractivity contribution < 1.29 is 0 Å². The van der Waals surface area contributed by atoms with Crippen LogP contribution in [0.1, 0.15) is 0 Å². The quantitative estimate of drug-likeness (QED) is 0.178. The summed E-state index contributed by atoms with van der Waals surface area (Å²) in [5.41, 5.74) is 13.4. The van der Waals surface area contributed by atoms with Crippen molar-refractivity contribution in [3.05, 3.63) is 188 Å². The lowest BCUT2D eigenvalue weighted by Gasteiger charge is -2.11. The summed E-state index contributed by atoms with van der Waals surface area (Å²) in [5.74, 6) is 1.95. The molecule has 3 heterocycles. The van der Waals surface area contributed by atoms with Gasteiger partial charge in [0.15, 0.2) is 17.5 Å². The Hall–Kier alpha value is -7.11. The van der Waals surface area contributed by atoms with Crippen molar-refractivity contribution in [3.63, 3.8) is 0 Å². The topological polar surface area (TPSA) is 48.0 Å². The third-order valence-corrected chi connectivity index (χ3v) is 9.79. The smallest absolute Gasteiger partial charge is 0.164 e. The second kappa shape index (κ2) is 12.3. The number of nitrogens with zero attached hydrogens (tertiary/aromatic N) is 5. The van der Waals surface area contributed by atoms with Crippen LogP contribution in [0.2, 0.25) is 0 Å². The van der Waals surface area contributed by atoms with Crippen molar-refractivity contribution in [2.24, 2.45) is 0 Å². The molecule has 0 atom stereocenters. The van der Waals surface area contributed by atoms with Gasteiger partial charge in [-0.3, -0.25) is 8.97 Å². The van der Waals surface area contributed by atoms with Crippen LogP contribution in [0.3, 0.4) is 0 Å². The molecule has 10 rings (SSSR count). The van der Waals surface area contributed by atoms with Gasteiger partial charge in [-0.05, 0) is 47.0 Å². The normalized spacial score (nSPS) is 11.5. The number of imidazole rings is 1. The Bertz CT molecular complexity index is 2800. The first-order valence-electron chi connectivity index (χ1n) is 17.5. The van der Waals surface area contributed by atoms with Gasteiger partial charge in [-0.2, -0.15) is 0 Å². The van der Waals surface area contributed by atoms with E-state index in [2.05, 4.69) is 136 Å². The molecule has 0 unspecified atom stereocenters. The highest BCUT2D eigenvalue weighted by Crippen LogP contribution is 2.41. The van der Waals surface area contributed by atoms with Crippen LogP contribution in [0.4, 0.5) is 0 Å². The highest BCUT2D eigenvalue weighted by molar-refractivity contribution is 6.09. The van der Waals surface area contributed by atoms with Crippen LogP contribution < -0.4 is 0 Å². The fraction of sp³-hybridized carbons (Fsp3) is 0. The maximum absolute atomic E-state index is 4.91. The number of fused-ring (bicyclic) bond motifs is 5. The van der Waals surface area contributed by atoms with Gasteiger partial charge in [-0.1, -0.05) is 158 Å². The Morgan fingerprint density at radius 1 is 0.308 bits per heavy atom. The van der Waals surface area contributed by atoms with E-state index in [1.807, 2.05) is 60.7 Å². The van der Waals surface area contributed by atoms with E-state index in [1.165, 1.54) is 33.1 Å². The van der Waals surface area contributed by atoms with E-state index >= 15 is 0 Å². The Kier molecular flexibility index (Phi) is 7.07. The molecule has 0 aliphatic carbocycles. The summed E-state index contributed by atoms with van der Waals surface area (Å²) in [5, 5.41) is 1.24. The van der Waals surface area contributed by atoms with Crippen LogP contribution in [-0.2, 0) is 0 Å². The van der Waals surface area contributed by atoms with Crippen LogP contribution in [0.15, 0.2) is 188 Å². The highest BCUT2D eigenvalue weighted by atomic mass is 15.1. The van der Waals surface area contributed by atoms with Crippen LogP contribution in [-0.4, -0.2) is 23.9 Å². The summed E-state index contributed by atoms with van der Waals surface area (Å²) < 4.78 is 4.81. The van der Waals surface area contributed by atoms with E-state index in [0.29, 0.717) is 17.5 Å². The third-order valence-electron chi connectivity index (χ3n) is 9.79. The predicted molar refractivity (Wildman–Crippen MR) is 212 cm³/mol. The standard InChI is InChI=1S/C47H31N5/c1-4-14-34(15-5-1)43-39-20-10-11-21-40(39)52-42-23-13-12-22-41(42)51(47(43)52)38-30-28-33(29-31-38)32-24-26-37(27-25-32)46-49-44(35-16-6-2-7-17-35)48-45(50-46)36-18-8-3-9-19-36/h1-31H. The second-order valence-corrected chi connectivity index (χ2v) is 12.9. The first-order valence-corrected chi connectivity index (χ1v) is 17.5. The largest absolute Gasteiger partial charge is 0.293 e. The van der Waals surface area contributed by atoms with Crippen LogP contribution >= 0.6 is 0 Å². The van der Waals surface area contributed by atoms with Gasteiger partial charge in [0.25, 0.3) is 0 Å². The lowest BCUT2D eigenvalue weighted by atomic mass is 10.0. The number of hydrogen-bond acceptors (Lipinski definition) is 3. The molecule has 3 aromatic heterocycles. The van der Waals surface area contributed by atoms with Gasteiger partial charge in [0.1, 0.15) is 5.65 Å². The van der Waals surface area contributed by atoms with Gasteiger partial charge >= 0.3 is 0 Å². The summed E-state index contributed by atoms with van der Waals surface area (Å²) in [6.07, 6.45) is 0. The van der Waals surface area contributed by atoms with E-state index < -0.39 is 0 Å². The van der Waals surface area contributed by atoms with Crippen molar-refractivity contribution >= 4 is 27.6 Å². The van der Waals surface area contributed by atoms with Crippen LogP contribution in [0.5, 0.6) is 0 Å². The lowest BCUT2D eigenvalue weighted by molar-refractivity contribution is 1.07. The lowest BCUT2D eigenvalue weighted by Crippen LogP contribution is -2.00. The molecule has 5 nitrogen and oxygen atoms in total. The number of benzene rings is 7. The molecule has 0 spiro atoms. The van der Waals surface area contributed by atoms with Gasteiger partial charge in [-0.25, -0.2) is 15.0 Å². The molecular weight excluding hydrogens is 635 g/mol. The molecule has 10 aromatic rings. The summed E-state index contributed by atoms with van der Waals surface area (Å²) in [6, 6.07) is 65.6. The van der Waals surface area contributed by atoms with Gasteiger partial charge in [0.2, 0.25) is 0 Å². The van der Waals surface area contributed by atoms with E-state index in [-0.39, 0.29) is 0 Å². The first-order chi connectivity index (χ1) is 25.8. The zero-order chi connectivity index (χ0) is 34.4. The van der Waals surface area contributed by atoms with Gasteiger partial charge in [-0.15, -0.1) is 0 Å². The fourth-order valence-electron chi connectivity index (χ4n) is 7.34. The molecule has 0 amide bonds. The van der Waals surface area contributed by atoms with Crippen LogP contribution in [0.25, 0.3) is 89.7 Å². The van der Waals surface area contributed by atoms with Gasteiger partial charge in [0, 0.05) is 33.3 Å². The number of hydrogen-bond donors (Lipinski definition) is 0. The van der Waals surface area contributed by atoms with Crippen molar-refractivity contribution in [2.45, 2.75) is 0 Å². The molecule has 7 aromatic carbocycles. The minimum atomic E-state index is 0.645. The van der Waals surface area contributed by atoms with E-state index in [1.54, 1.807) is 0 Å². The monoisotopic (exact) mass is 665 g/mol. The molecule has 0 saturated carbocycles. The van der Waals surface area contributed by atoms with Crippen molar-refractivity contribution in [1.82, 2.24) is 23.9 Å². The van der Waals surface area contributed by atoms with E-state index in [4.69, 9.17) is 15.0 Å². The van der Waals surface area contributed by atoms with E-state index in [0.717, 1.165) is 39.2 Å². The Balaban J connectivity index is 1.05. The van der Waals surface area contributed by atoms with Gasteiger partial charge < -0.3 is 0 Å². The van der Waals surface area contributed by atoms with Gasteiger partial charge in [0.05, 0.1) is 16.6 Å². The third kappa shape index (κ3) is 4.98. The number of aromatic nitrogens is 5. The molecule has 0 aliphatic rings. The SMILES string of the molecule is c1ccc(-c2nc(-c3ccccc3)nc(-c3ccc(-c4ccc(-n5c6ccccc6n6c7ccccc7c(-c7ccccc7)c56)cc4)cc3)n2)cc1. The van der Waals surface area contributed by atoms with Crippen molar-refractivity contribution in [3.8, 4) is 62.1 Å². The maximum atomic E-state index is 4.91. The molecule has 0 fully saturated rings. The predicted octanol–water partition coefficient (Wildman–Crippen LogP) is 11.6. The summed E-state index contributed by atoms with van der Waals surface area (Å²) in [6.45, 7) is 0. The summed E-state index contributed by atoms with van der Waals surface area (Å²) in [7, 11) is 0. The summed E-state index contributed by atoms with van der Waals surface area (Å²) in [4.78, 5) is 14.7. The molecule has 0 saturated heterocycles. The average Bonchev–Trinajstić information content (AvgIpc) is 3.74. The number of para-hydroxylation sites is 3. The zero-order valence-electron chi connectivity index (χ0n) is 28.1. The Labute approximate surface area is 300 Å². The minimum absolute atomic E-state index is 0.645. The average molecular weight is 666 g/mol. The molecule has 0 N–H and O–H groups in total. The fourth-order valence-corrected chi connectivity index (χ4v) is 7.34. The molecule has 244 valence electrons. The van der Waals surface area contributed by atoms with Crippen LogP contribution in [0, 0.1) is 0 Å². The van der Waals surface area contributed by atoms with Crippen molar-refractivity contribution in [1.29, 1.82) is 0 Å². The Morgan fingerprint density at radius 3 is 1.27 bits per heavy atom. The van der Waals surface area contributed by atoms with E-state index in [9.17, 15) is 0 Å². The minimum Gasteiger partial charge on any atom is -0.293 e. The molecule has 0 radical (unpaired) electrons. The molecule has 52 heavy (non-hydrogen) atoms. The molecule has 5 heteroatoms. The zero-order valence-corrected chi connectivity index (χ0v) is 28.1. The Morgan fingerprint density at radius 2 is 0.712 bits per heavy atom. The number of rotatable bonds is 6. The molecule has 0 bridgehead atoms.